The highest BCUT2D eigenvalue weighted by atomic mass is 19.1. The van der Waals surface area contributed by atoms with Gasteiger partial charge in [0, 0.05) is 17.6 Å². The first-order valence-corrected chi connectivity index (χ1v) is 8.00. The fourth-order valence-electron chi connectivity index (χ4n) is 2.67. The Morgan fingerprint density at radius 1 is 1.12 bits per heavy atom. The van der Waals surface area contributed by atoms with Crippen molar-refractivity contribution in [3.8, 4) is 5.75 Å². The van der Waals surface area contributed by atoms with Crippen LogP contribution in [-0.2, 0) is 9.59 Å². The van der Waals surface area contributed by atoms with Gasteiger partial charge < -0.3 is 15.4 Å². The third-order valence-corrected chi connectivity index (χ3v) is 4.29. The van der Waals surface area contributed by atoms with Crippen molar-refractivity contribution >= 4 is 17.5 Å². The molecule has 1 saturated carbocycles. The molecule has 130 valence electrons. The van der Waals surface area contributed by atoms with Crippen LogP contribution in [0.3, 0.4) is 0 Å². The number of hydrogen-bond acceptors (Lipinski definition) is 3. The number of benzene rings is 2. The van der Waals surface area contributed by atoms with E-state index < -0.39 is 17.6 Å². The minimum absolute atomic E-state index is 0.0681. The molecular formula is C19H19FN2O3. The molecule has 0 aliphatic heterocycles. The molecule has 0 bridgehead atoms. The zero-order valence-corrected chi connectivity index (χ0v) is 14.0. The molecule has 5 nitrogen and oxygen atoms in total. The standard InChI is InChI=1S/C19H19FN2O3/c1-11-3-6-13(9-16(11)20)21-18(23)19(24)22-17-10-15(17)12-4-7-14(25-2)8-5-12/h3-9,15,17H,10H2,1-2H3,(H,21,23)(H,22,24)/t15-,17+/m0/s1. The summed E-state index contributed by atoms with van der Waals surface area (Å²) in [5.74, 6) is -0.986. The highest BCUT2D eigenvalue weighted by Gasteiger charge is 2.40. The molecule has 2 N–H and O–H groups in total. The quantitative estimate of drug-likeness (QED) is 0.840. The SMILES string of the molecule is COc1ccc([C@@H]2C[C@H]2NC(=O)C(=O)Nc2ccc(C)c(F)c2)cc1. The van der Waals surface area contributed by atoms with Crippen LogP contribution in [0.15, 0.2) is 42.5 Å². The summed E-state index contributed by atoms with van der Waals surface area (Å²) in [6, 6.07) is 11.9. The van der Waals surface area contributed by atoms with Crippen LogP contribution in [0.5, 0.6) is 5.75 Å². The Morgan fingerprint density at radius 3 is 2.48 bits per heavy atom. The van der Waals surface area contributed by atoms with E-state index in [0.717, 1.165) is 17.7 Å². The molecule has 25 heavy (non-hydrogen) atoms. The summed E-state index contributed by atoms with van der Waals surface area (Å²) in [5.41, 5.74) is 1.82. The molecule has 1 fully saturated rings. The van der Waals surface area contributed by atoms with E-state index in [9.17, 15) is 14.0 Å². The van der Waals surface area contributed by atoms with Crippen molar-refractivity contribution in [2.75, 3.05) is 12.4 Å². The number of ether oxygens (including phenoxy) is 1. The molecular weight excluding hydrogens is 323 g/mol. The topological polar surface area (TPSA) is 67.4 Å². The molecule has 0 saturated heterocycles. The van der Waals surface area contributed by atoms with Gasteiger partial charge in [0.15, 0.2) is 0 Å². The number of amides is 2. The molecule has 1 aliphatic carbocycles. The molecule has 1 aliphatic rings. The number of carbonyl (C=O) groups is 2. The van der Waals surface area contributed by atoms with Crippen LogP contribution in [0.1, 0.15) is 23.5 Å². The predicted molar refractivity (Wildman–Crippen MR) is 92.0 cm³/mol. The maximum absolute atomic E-state index is 13.5. The number of methoxy groups -OCH3 is 1. The van der Waals surface area contributed by atoms with Crippen LogP contribution in [0.25, 0.3) is 0 Å². The van der Waals surface area contributed by atoms with Crippen LogP contribution in [0.4, 0.5) is 10.1 Å². The Labute approximate surface area is 145 Å². The molecule has 2 atom stereocenters. The Morgan fingerprint density at radius 2 is 1.84 bits per heavy atom. The minimum atomic E-state index is -0.802. The average molecular weight is 342 g/mol. The van der Waals surface area contributed by atoms with Gasteiger partial charge in [0.25, 0.3) is 0 Å². The zero-order chi connectivity index (χ0) is 18.0. The fourth-order valence-corrected chi connectivity index (χ4v) is 2.67. The predicted octanol–water partition coefficient (Wildman–Crippen LogP) is 2.75. The van der Waals surface area contributed by atoms with Crippen LogP contribution in [0.2, 0.25) is 0 Å². The summed E-state index contributed by atoms with van der Waals surface area (Å²) < 4.78 is 18.6. The molecule has 2 aromatic carbocycles. The van der Waals surface area contributed by atoms with Gasteiger partial charge in [0.2, 0.25) is 0 Å². The van der Waals surface area contributed by atoms with E-state index in [4.69, 9.17) is 4.74 Å². The normalized spacial score (nSPS) is 18.4. The third-order valence-electron chi connectivity index (χ3n) is 4.29. The lowest BCUT2D eigenvalue weighted by atomic mass is 10.1. The van der Waals surface area contributed by atoms with E-state index in [1.54, 1.807) is 26.2 Å². The second kappa shape index (κ2) is 6.93. The summed E-state index contributed by atoms with van der Waals surface area (Å²) in [6.07, 6.45) is 0.782. The fraction of sp³-hybridized carbons (Fsp3) is 0.263. The second-order valence-electron chi connectivity index (χ2n) is 6.11. The largest absolute Gasteiger partial charge is 0.497 e. The third kappa shape index (κ3) is 3.96. The summed E-state index contributed by atoms with van der Waals surface area (Å²) in [4.78, 5) is 23.9. The van der Waals surface area contributed by atoms with Crippen molar-refractivity contribution in [3.63, 3.8) is 0 Å². The van der Waals surface area contributed by atoms with Crippen LogP contribution in [-0.4, -0.2) is 25.0 Å². The number of halogens is 1. The summed E-state index contributed by atoms with van der Waals surface area (Å²) in [6.45, 7) is 1.63. The molecule has 2 amide bonds. The van der Waals surface area contributed by atoms with Crippen molar-refractivity contribution in [3.05, 3.63) is 59.4 Å². The Balaban J connectivity index is 1.53. The summed E-state index contributed by atoms with van der Waals surface area (Å²) in [5, 5.41) is 5.11. The smallest absolute Gasteiger partial charge is 0.313 e. The molecule has 0 unspecified atom stereocenters. The lowest BCUT2D eigenvalue weighted by Crippen LogP contribution is -2.37. The van der Waals surface area contributed by atoms with Gasteiger partial charge in [-0.3, -0.25) is 9.59 Å². The van der Waals surface area contributed by atoms with Crippen molar-refractivity contribution in [1.82, 2.24) is 5.32 Å². The van der Waals surface area contributed by atoms with Gasteiger partial charge in [-0.1, -0.05) is 18.2 Å². The number of carbonyl (C=O) groups excluding carboxylic acids is 2. The van der Waals surface area contributed by atoms with Gasteiger partial charge in [0.1, 0.15) is 11.6 Å². The Kier molecular flexibility index (Phi) is 4.70. The summed E-state index contributed by atoms with van der Waals surface area (Å²) in [7, 11) is 1.60. The van der Waals surface area contributed by atoms with Crippen LogP contribution in [0, 0.1) is 12.7 Å². The first-order valence-electron chi connectivity index (χ1n) is 8.00. The van der Waals surface area contributed by atoms with Crippen molar-refractivity contribution in [2.45, 2.75) is 25.3 Å². The molecule has 0 aromatic heterocycles. The highest BCUT2D eigenvalue weighted by molar-refractivity contribution is 6.39. The van der Waals surface area contributed by atoms with Crippen LogP contribution >= 0.6 is 0 Å². The number of rotatable bonds is 4. The number of anilines is 1. The van der Waals surface area contributed by atoms with E-state index in [2.05, 4.69) is 10.6 Å². The second-order valence-corrected chi connectivity index (χ2v) is 6.11. The molecule has 6 heteroatoms. The van der Waals surface area contributed by atoms with Gasteiger partial charge >= 0.3 is 11.8 Å². The van der Waals surface area contributed by atoms with E-state index in [1.807, 2.05) is 24.3 Å². The summed E-state index contributed by atoms with van der Waals surface area (Å²) >= 11 is 0. The van der Waals surface area contributed by atoms with Crippen LogP contribution < -0.4 is 15.4 Å². The highest BCUT2D eigenvalue weighted by Crippen LogP contribution is 2.41. The molecule has 0 radical (unpaired) electrons. The van der Waals surface area contributed by atoms with E-state index in [-0.39, 0.29) is 17.6 Å². The average Bonchev–Trinajstić information content (AvgIpc) is 3.37. The van der Waals surface area contributed by atoms with E-state index >= 15 is 0 Å². The molecule has 2 aromatic rings. The molecule has 0 spiro atoms. The van der Waals surface area contributed by atoms with E-state index in [0.29, 0.717) is 5.56 Å². The van der Waals surface area contributed by atoms with Crippen molar-refractivity contribution in [1.29, 1.82) is 0 Å². The monoisotopic (exact) mass is 342 g/mol. The number of aryl methyl sites for hydroxylation is 1. The maximum Gasteiger partial charge on any atom is 0.313 e. The zero-order valence-electron chi connectivity index (χ0n) is 14.0. The maximum atomic E-state index is 13.5. The number of hydrogen-bond donors (Lipinski definition) is 2. The van der Waals surface area contributed by atoms with Gasteiger partial charge in [-0.15, -0.1) is 0 Å². The lowest BCUT2D eigenvalue weighted by molar-refractivity contribution is -0.136. The van der Waals surface area contributed by atoms with Gasteiger partial charge in [-0.25, -0.2) is 4.39 Å². The lowest BCUT2D eigenvalue weighted by Gasteiger charge is -2.07. The van der Waals surface area contributed by atoms with Gasteiger partial charge in [0.05, 0.1) is 7.11 Å². The first-order chi connectivity index (χ1) is 12.0. The minimum Gasteiger partial charge on any atom is -0.497 e. The van der Waals surface area contributed by atoms with E-state index in [1.165, 1.54) is 6.07 Å². The molecule has 0 heterocycles. The molecule has 3 rings (SSSR count). The van der Waals surface area contributed by atoms with Gasteiger partial charge in [-0.05, 0) is 48.7 Å². The Hall–Kier alpha value is -2.89. The van der Waals surface area contributed by atoms with Crippen molar-refractivity contribution < 1.29 is 18.7 Å². The first kappa shape index (κ1) is 17.0. The number of nitrogens with one attached hydrogen (secondary N) is 2. The van der Waals surface area contributed by atoms with Gasteiger partial charge in [-0.2, -0.15) is 0 Å². The Bertz CT molecular complexity index is 805. The van der Waals surface area contributed by atoms with Crippen molar-refractivity contribution in [2.24, 2.45) is 0 Å².